The van der Waals surface area contributed by atoms with Gasteiger partial charge in [-0.2, -0.15) is 0 Å². The van der Waals surface area contributed by atoms with Crippen LogP contribution in [0, 0.1) is 10.8 Å². The van der Waals surface area contributed by atoms with Crippen molar-refractivity contribution in [3.63, 3.8) is 0 Å². The van der Waals surface area contributed by atoms with Gasteiger partial charge in [-0.05, 0) is 90.7 Å². The molecule has 0 amide bonds. The summed E-state index contributed by atoms with van der Waals surface area (Å²) in [5.41, 5.74) is 6.44. The van der Waals surface area contributed by atoms with E-state index in [1.165, 1.54) is 40.7 Å². The number of unbranched alkanes of at least 4 members (excludes halogenated alkanes) is 3. The summed E-state index contributed by atoms with van der Waals surface area (Å²) in [7, 11) is 0. The molecule has 284 valence electrons. The maximum absolute atomic E-state index is 12.5. The highest BCUT2D eigenvalue weighted by Gasteiger charge is 2.75. The van der Waals surface area contributed by atoms with E-state index < -0.39 is 0 Å². The predicted octanol–water partition coefficient (Wildman–Crippen LogP) is 12.4. The maximum atomic E-state index is 12.5. The van der Waals surface area contributed by atoms with Gasteiger partial charge in [-0.1, -0.05) is 160 Å². The van der Waals surface area contributed by atoms with E-state index in [4.69, 9.17) is 9.47 Å². The van der Waals surface area contributed by atoms with Crippen LogP contribution in [0.25, 0.3) is 0 Å². The van der Waals surface area contributed by atoms with E-state index in [0.29, 0.717) is 6.42 Å². The molecule has 0 bridgehead atoms. The lowest BCUT2D eigenvalue weighted by Crippen LogP contribution is -2.47. The maximum Gasteiger partial charge on any atom is 0.330 e. The second-order valence-electron chi connectivity index (χ2n) is 16.9. The number of carbonyl (C=O) groups is 1. The van der Waals surface area contributed by atoms with Gasteiger partial charge in [-0.25, -0.2) is 4.79 Å². The molecular formula is C48H68O4. The number of aliphatic hydroxyl groups is 1. The van der Waals surface area contributed by atoms with Gasteiger partial charge in [0.2, 0.25) is 0 Å². The van der Waals surface area contributed by atoms with Crippen molar-refractivity contribution in [2.45, 2.75) is 151 Å². The number of hydrogen-bond donors (Lipinski definition) is 1. The zero-order valence-corrected chi connectivity index (χ0v) is 34.2. The molecule has 0 unspecified atom stereocenters. The SMILES string of the molecule is CCCCC/C=C\C(=O)O[C@H]1CC(C)(C)[C@@]2(/C=C/C(C)=C/C=C/C(C)=C/C=C/C=C(C)/C=C/C=C(C)/C=C/C3=C(C)C[C@@H](O)CC3(C)C)O[C@@]2(C)C1. The van der Waals surface area contributed by atoms with Crippen molar-refractivity contribution in [2.75, 3.05) is 0 Å². The predicted molar refractivity (Wildman–Crippen MR) is 221 cm³/mol. The standard InChI is InChI=1S/C48H68O4/c1-12-13-14-15-16-27-44(50)51-42-34-46(9,10)48(47(11,35-42)52-48)31-30-39(5)26-20-24-37(3)22-18-17-21-36(2)23-19-25-38(4)28-29-43-40(6)32-41(49)33-45(43,7)8/h16-31,41-42,49H,12-15,32-35H2,1-11H3/b18-17+,23-19+,24-20+,27-16-,29-28+,31-30+,36-21+,37-22+,38-25+,39-26+/t41-,42+,47+,48-/m1/s1. The van der Waals surface area contributed by atoms with Crippen LogP contribution in [0.5, 0.6) is 0 Å². The van der Waals surface area contributed by atoms with Gasteiger partial charge in [-0.15, -0.1) is 0 Å². The molecule has 1 aliphatic heterocycles. The molecular weight excluding hydrogens is 641 g/mol. The number of esters is 1. The number of fused-ring (bicyclic) bond motifs is 1. The Kier molecular flexibility index (Phi) is 15.7. The number of hydrogen-bond acceptors (Lipinski definition) is 4. The Balaban J connectivity index is 1.49. The van der Waals surface area contributed by atoms with Crippen molar-refractivity contribution in [1.82, 2.24) is 0 Å². The van der Waals surface area contributed by atoms with Crippen LogP contribution in [-0.2, 0) is 14.3 Å². The van der Waals surface area contributed by atoms with Crippen molar-refractivity contribution in [3.05, 3.63) is 131 Å². The topological polar surface area (TPSA) is 59.1 Å². The monoisotopic (exact) mass is 709 g/mol. The first-order valence-electron chi connectivity index (χ1n) is 19.5. The summed E-state index contributed by atoms with van der Waals surface area (Å²) >= 11 is 0. The summed E-state index contributed by atoms with van der Waals surface area (Å²) in [6.07, 6.45) is 40.4. The van der Waals surface area contributed by atoms with E-state index in [0.717, 1.165) is 37.7 Å². The molecule has 4 nitrogen and oxygen atoms in total. The Bertz CT molecular complexity index is 1590. The van der Waals surface area contributed by atoms with Crippen LogP contribution >= 0.6 is 0 Å². The highest BCUT2D eigenvalue weighted by atomic mass is 16.6. The molecule has 1 heterocycles. The molecule has 1 N–H and O–H groups in total. The fourth-order valence-electron chi connectivity index (χ4n) is 8.00. The third-order valence-corrected chi connectivity index (χ3v) is 10.8. The minimum absolute atomic E-state index is 0.00564. The molecule has 3 rings (SSSR count). The third-order valence-electron chi connectivity index (χ3n) is 10.8. The summed E-state index contributed by atoms with van der Waals surface area (Å²) in [6.45, 7) is 23.8. The molecule has 4 heteroatoms. The molecule has 1 saturated carbocycles. The lowest BCUT2D eigenvalue weighted by atomic mass is 9.63. The summed E-state index contributed by atoms with van der Waals surface area (Å²) in [6, 6.07) is 0. The molecule has 0 aromatic rings. The number of rotatable bonds is 16. The largest absolute Gasteiger partial charge is 0.459 e. The normalized spacial score (nSPS) is 28.8. The van der Waals surface area contributed by atoms with Gasteiger partial charge in [0.15, 0.2) is 0 Å². The average Bonchev–Trinajstić information content (AvgIpc) is 3.67. The van der Waals surface area contributed by atoms with Crippen molar-refractivity contribution in [2.24, 2.45) is 10.8 Å². The molecule has 2 fully saturated rings. The van der Waals surface area contributed by atoms with Crippen molar-refractivity contribution in [1.29, 1.82) is 0 Å². The van der Waals surface area contributed by atoms with Crippen LogP contribution in [0.2, 0.25) is 0 Å². The van der Waals surface area contributed by atoms with Crippen LogP contribution in [0.1, 0.15) is 128 Å². The lowest BCUT2D eigenvalue weighted by Gasteiger charge is -2.40. The number of carbonyl (C=O) groups excluding carboxylic acids is 1. The fourth-order valence-corrected chi connectivity index (χ4v) is 8.00. The Morgan fingerprint density at radius 2 is 1.37 bits per heavy atom. The molecule has 2 aliphatic carbocycles. The number of epoxide rings is 1. The second kappa shape index (κ2) is 19.0. The van der Waals surface area contributed by atoms with Gasteiger partial charge in [0, 0.05) is 17.9 Å². The van der Waals surface area contributed by atoms with Crippen LogP contribution < -0.4 is 0 Å². The first-order chi connectivity index (χ1) is 24.4. The van der Waals surface area contributed by atoms with Gasteiger partial charge in [0.25, 0.3) is 0 Å². The third kappa shape index (κ3) is 12.3. The number of allylic oxidation sites excluding steroid dienone is 19. The summed E-state index contributed by atoms with van der Waals surface area (Å²) in [4.78, 5) is 12.5. The molecule has 4 atom stereocenters. The highest BCUT2D eigenvalue weighted by molar-refractivity contribution is 5.82. The second-order valence-corrected chi connectivity index (χ2v) is 16.9. The Morgan fingerprint density at radius 3 is 1.94 bits per heavy atom. The molecule has 0 radical (unpaired) electrons. The minimum atomic E-state index is -0.361. The van der Waals surface area contributed by atoms with E-state index in [1.807, 2.05) is 6.08 Å². The fraction of sp³-hybridized carbons (Fsp3) is 0.521. The summed E-state index contributed by atoms with van der Waals surface area (Å²) < 4.78 is 12.3. The van der Waals surface area contributed by atoms with Gasteiger partial charge < -0.3 is 14.6 Å². The van der Waals surface area contributed by atoms with Gasteiger partial charge >= 0.3 is 5.97 Å². The van der Waals surface area contributed by atoms with Crippen molar-refractivity contribution >= 4 is 5.97 Å². The zero-order valence-electron chi connectivity index (χ0n) is 34.2. The number of ether oxygens (including phenoxy) is 2. The van der Waals surface area contributed by atoms with Crippen molar-refractivity contribution < 1.29 is 19.4 Å². The summed E-state index contributed by atoms with van der Waals surface area (Å²) in [5.74, 6) is -0.243. The van der Waals surface area contributed by atoms with Crippen molar-refractivity contribution in [3.8, 4) is 0 Å². The molecule has 1 saturated heterocycles. The molecule has 52 heavy (non-hydrogen) atoms. The van der Waals surface area contributed by atoms with E-state index in [1.54, 1.807) is 6.08 Å². The molecule has 0 aromatic heterocycles. The van der Waals surface area contributed by atoms with E-state index in [2.05, 4.69) is 161 Å². The molecule has 0 spiro atoms. The van der Waals surface area contributed by atoms with E-state index >= 15 is 0 Å². The van der Waals surface area contributed by atoms with Crippen LogP contribution in [0.3, 0.4) is 0 Å². The Labute approximate surface area is 316 Å². The first-order valence-corrected chi connectivity index (χ1v) is 19.5. The van der Waals surface area contributed by atoms with Crippen LogP contribution in [-0.4, -0.2) is 34.5 Å². The van der Waals surface area contributed by atoms with E-state index in [9.17, 15) is 9.90 Å². The quantitative estimate of drug-likeness (QED) is 0.0570. The average molecular weight is 709 g/mol. The Morgan fingerprint density at radius 1 is 0.788 bits per heavy atom. The number of aliphatic hydroxyl groups excluding tert-OH is 1. The molecule has 3 aliphatic rings. The minimum Gasteiger partial charge on any atom is -0.459 e. The van der Waals surface area contributed by atoms with Gasteiger partial charge in [-0.3, -0.25) is 0 Å². The van der Waals surface area contributed by atoms with Gasteiger partial charge in [0.05, 0.1) is 6.10 Å². The van der Waals surface area contributed by atoms with Crippen LogP contribution in [0.4, 0.5) is 0 Å². The highest BCUT2D eigenvalue weighted by Crippen LogP contribution is 2.66. The first kappa shape index (κ1) is 42.9. The molecule has 0 aromatic carbocycles. The lowest BCUT2D eigenvalue weighted by molar-refractivity contribution is -0.146. The smallest absolute Gasteiger partial charge is 0.330 e. The summed E-state index contributed by atoms with van der Waals surface area (Å²) in [5, 5.41) is 10.1. The zero-order chi connectivity index (χ0) is 38.6. The van der Waals surface area contributed by atoms with E-state index in [-0.39, 0.29) is 40.2 Å². The Hall–Kier alpha value is -3.47. The van der Waals surface area contributed by atoms with Crippen LogP contribution in [0.15, 0.2) is 131 Å². The van der Waals surface area contributed by atoms with Gasteiger partial charge in [0.1, 0.15) is 17.3 Å².